The van der Waals surface area contributed by atoms with Crippen LogP contribution in [0.1, 0.15) is 10.4 Å². The largest absolute Gasteiger partial charge is 0.387 e. The fourth-order valence-corrected chi connectivity index (χ4v) is 1.79. The van der Waals surface area contributed by atoms with Crippen LogP contribution in [0.5, 0.6) is 5.75 Å². The maximum atomic E-state index is 11.9. The van der Waals surface area contributed by atoms with Gasteiger partial charge in [-0.2, -0.15) is 0 Å². The van der Waals surface area contributed by atoms with Crippen molar-refractivity contribution in [2.45, 2.75) is 0 Å². The van der Waals surface area contributed by atoms with Crippen LogP contribution in [0.25, 0.3) is 10.9 Å². The summed E-state index contributed by atoms with van der Waals surface area (Å²) in [6.07, 6.45) is 1.47. The summed E-state index contributed by atoms with van der Waals surface area (Å²) in [4.78, 5) is 25.8. The van der Waals surface area contributed by atoms with Crippen molar-refractivity contribution in [3.8, 4) is 5.75 Å². The molecule has 3 rings (SSSR count). The number of carbonyl (C=O) groups excluding carboxylic acids is 1. The Hall–Kier alpha value is -2.88. The minimum atomic E-state index is -0.577. The average molecular weight is 265 g/mol. The normalized spacial score (nSPS) is 10.2. The molecule has 3 aromatic rings. The van der Waals surface area contributed by atoms with Crippen LogP contribution >= 0.6 is 0 Å². The summed E-state index contributed by atoms with van der Waals surface area (Å²) in [6, 6.07) is 18.1. The molecule has 0 aliphatic rings. The molecule has 1 aromatic heterocycles. The predicted octanol–water partition coefficient (Wildman–Crippen LogP) is 3.39. The van der Waals surface area contributed by atoms with Crippen LogP contribution < -0.4 is 4.89 Å². The van der Waals surface area contributed by atoms with E-state index in [-0.39, 0.29) is 0 Å². The Morgan fingerprint density at radius 2 is 1.70 bits per heavy atom. The summed E-state index contributed by atoms with van der Waals surface area (Å²) in [5.74, 6) is -0.110. The smallest absolute Gasteiger partial charge is 0.287 e. The van der Waals surface area contributed by atoms with Gasteiger partial charge in [-0.25, -0.2) is 9.68 Å². The van der Waals surface area contributed by atoms with E-state index in [1.807, 2.05) is 30.3 Å². The maximum Gasteiger partial charge on any atom is 0.387 e. The average Bonchev–Trinajstić information content (AvgIpc) is 2.53. The molecule has 0 bridgehead atoms. The molecule has 0 aliphatic heterocycles. The molecule has 0 N–H and O–H groups in total. The zero-order chi connectivity index (χ0) is 13.8. The minimum Gasteiger partial charge on any atom is -0.287 e. The highest BCUT2D eigenvalue weighted by atomic mass is 17.2. The lowest BCUT2D eigenvalue weighted by atomic mass is 10.2. The predicted molar refractivity (Wildman–Crippen MR) is 74.2 cm³/mol. The Bertz CT molecular complexity index is 741. The van der Waals surface area contributed by atoms with E-state index in [9.17, 15) is 4.79 Å². The molecule has 0 unspecified atom stereocenters. The van der Waals surface area contributed by atoms with Gasteiger partial charge in [0.2, 0.25) is 0 Å². The maximum absolute atomic E-state index is 11.9. The second-order valence-electron chi connectivity index (χ2n) is 4.18. The Morgan fingerprint density at radius 1 is 0.950 bits per heavy atom. The summed E-state index contributed by atoms with van der Waals surface area (Å²) < 4.78 is 0. The zero-order valence-electron chi connectivity index (χ0n) is 10.5. The van der Waals surface area contributed by atoms with E-state index in [1.165, 1.54) is 6.20 Å². The van der Waals surface area contributed by atoms with Crippen LogP contribution in [-0.2, 0) is 4.89 Å². The van der Waals surface area contributed by atoms with Crippen LogP contribution in [0.2, 0.25) is 0 Å². The lowest BCUT2D eigenvalue weighted by Crippen LogP contribution is -2.08. The van der Waals surface area contributed by atoms with Gasteiger partial charge in [-0.05, 0) is 24.3 Å². The van der Waals surface area contributed by atoms with Gasteiger partial charge in [0.25, 0.3) is 0 Å². The summed E-state index contributed by atoms with van der Waals surface area (Å²) in [5.41, 5.74) is 1.17. The summed E-state index contributed by atoms with van der Waals surface area (Å²) in [5, 5.41) is 0.877. The van der Waals surface area contributed by atoms with Crippen molar-refractivity contribution < 1.29 is 14.6 Å². The quantitative estimate of drug-likeness (QED) is 0.538. The third-order valence-electron chi connectivity index (χ3n) is 2.78. The molecule has 1 heterocycles. The van der Waals surface area contributed by atoms with Crippen LogP contribution in [0.3, 0.4) is 0 Å². The molecule has 2 aromatic carbocycles. The Balaban J connectivity index is 1.75. The van der Waals surface area contributed by atoms with E-state index < -0.39 is 5.97 Å². The Kier molecular flexibility index (Phi) is 3.29. The molecule has 4 nitrogen and oxygen atoms in total. The number of para-hydroxylation sites is 2. The SMILES string of the molecule is O=C(OOc1ccccc1)c1cnc2ccccc2c1. The van der Waals surface area contributed by atoms with Crippen LogP contribution in [-0.4, -0.2) is 11.0 Å². The van der Waals surface area contributed by atoms with Gasteiger partial charge in [-0.1, -0.05) is 36.4 Å². The van der Waals surface area contributed by atoms with E-state index in [1.54, 1.807) is 30.3 Å². The van der Waals surface area contributed by atoms with Crippen molar-refractivity contribution in [2.75, 3.05) is 0 Å². The molecule has 4 heteroatoms. The molecule has 0 fully saturated rings. The number of aromatic nitrogens is 1. The summed E-state index contributed by atoms with van der Waals surface area (Å²) >= 11 is 0. The van der Waals surface area contributed by atoms with Crippen molar-refractivity contribution in [1.82, 2.24) is 4.98 Å². The van der Waals surface area contributed by atoms with Gasteiger partial charge in [-0.3, -0.25) is 9.87 Å². The van der Waals surface area contributed by atoms with Crippen LogP contribution in [0, 0.1) is 0 Å². The molecule has 0 atom stereocenters. The number of fused-ring (bicyclic) bond motifs is 1. The van der Waals surface area contributed by atoms with E-state index in [4.69, 9.17) is 9.78 Å². The second kappa shape index (κ2) is 5.40. The van der Waals surface area contributed by atoms with Gasteiger partial charge >= 0.3 is 5.97 Å². The number of hydrogen-bond donors (Lipinski definition) is 0. The Labute approximate surface area is 115 Å². The van der Waals surface area contributed by atoms with Crippen molar-refractivity contribution in [1.29, 1.82) is 0 Å². The van der Waals surface area contributed by atoms with Crippen molar-refractivity contribution in [2.24, 2.45) is 0 Å². The number of carbonyl (C=O) groups is 1. The lowest BCUT2D eigenvalue weighted by Gasteiger charge is -2.04. The first-order chi connectivity index (χ1) is 9.83. The van der Waals surface area contributed by atoms with Crippen LogP contribution in [0.4, 0.5) is 0 Å². The van der Waals surface area contributed by atoms with Gasteiger partial charge in [0.05, 0.1) is 11.1 Å². The highest BCUT2D eigenvalue weighted by Crippen LogP contribution is 2.14. The van der Waals surface area contributed by atoms with Crippen molar-refractivity contribution in [3.63, 3.8) is 0 Å². The zero-order valence-corrected chi connectivity index (χ0v) is 10.5. The van der Waals surface area contributed by atoms with Gasteiger partial charge in [0.15, 0.2) is 5.75 Å². The number of rotatable bonds is 3. The van der Waals surface area contributed by atoms with Gasteiger partial charge < -0.3 is 0 Å². The highest BCUT2D eigenvalue weighted by Gasteiger charge is 2.10. The molecule has 0 saturated carbocycles. The fraction of sp³-hybridized carbons (Fsp3) is 0. The fourth-order valence-electron chi connectivity index (χ4n) is 1.79. The monoisotopic (exact) mass is 265 g/mol. The van der Waals surface area contributed by atoms with Crippen LogP contribution in [0.15, 0.2) is 66.9 Å². The van der Waals surface area contributed by atoms with Gasteiger partial charge in [0, 0.05) is 11.6 Å². The standard InChI is InChI=1S/C16H11NO3/c18-16(20-19-14-7-2-1-3-8-14)13-10-12-6-4-5-9-15(12)17-11-13/h1-11H. The summed E-state index contributed by atoms with van der Waals surface area (Å²) in [7, 11) is 0. The molecule has 0 saturated heterocycles. The molecule has 98 valence electrons. The molecule has 0 aliphatic carbocycles. The minimum absolute atomic E-state index is 0.347. The van der Waals surface area contributed by atoms with E-state index in [2.05, 4.69) is 4.98 Å². The molecular formula is C16H11NO3. The van der Waals surface area contributed by atoms with E-state index >= 15 is 0 Å². The third-order valence-corrected chi connectivity index (χ3v) is 2.78. The number of hydrogen-bond acceptors (Lipinski definition) is 4. The van der Waals surface area contributed by atoms with Gasteiger partial charge in [0.1, 0.15) is 0 Å². The summed E-state index contributed by atoms with van der Waals surface area (Å²) in [6.45, 7) is 0. The number of benzene rings is 2. The lowest BCUT2D eigenvalue weighted by molar-refractivity contribution is -0.149. The molecule has 20 heavy (non-hydrogen) atoms. The first kappa shape index (κ1) is 12.2. The van der Waals surface area contributed by atoms with E-state index in [0.717, 1.165) is 10.9 Å². The van der Waals surface area contributed by atoms with Crippen molar-refractivity contribution >= 4 is 16.9 Å². The van der Waals surface area contributed by atoms with Crippen molar-refractivity contribution in [3.05, 3.63) is 72.4 Å². The molecular weight excluding hydrogens is 254 g/mol. The second-order valence-corrected chi connectivity index (χ2v) is 4.18. The molecule has 0 spiro atoms. The first-order valence-electron chi connectivity index (χ1n) is 6.11. The Morgan fingerprint density at radius 3 is 2.55 bits per heavy atom. The number of pyridine rings is 1. The molecule has 0 amide bonds. The number of nitrogens with zero attached hydrogens (tertiary/aromatic N) is 1. The first-order valence-corrected chi connectivity index (χ1v) is 6.11. The van der Waals surface area contributed by atoms with E-state index in [0.29, 0.717) is 11.3 Å². The molecule has 0 radical (unpaired) electrons. The topological polar surface area (TPSA) is 48.4 Å². The van der Waals surface area contributed by atoms with Gasteiger partial charge in [-0.15, -0.1) is 0 Å². The highest BCUT2D eigenvalue weighted by molar-refractivity contribution is 5.93. The third kappa shape index (κ3) is 2.59.